The van der Waals surface area contributed by atoms with Crippen LogP contribution in [0.1, 0.15) is 18.4 Å². The van der Waals surface area contributed by atoms with Crippen LogP contribution in [-0.2, 0) is 6.42 Å². The third-order valence-corrected chi connectivity index (χ3v) is 4.96. The van der Waals surface area contributed by atoms with Gasteiger partial charge in [0.1, 0.15) is 10.0 Å². The first-order valence-corrected chi connectivity index (χ1v) is 8.18. The largest absolute Gasteiger partial charge is 0.317 e. The summed E-state index contributed by atoms with van der Waals surface area (Å²) in [6.45, 7) is 4.14. The third-order valence-electron chi connectivity index (χ3n) is 2.64. The first-order chi connectivity index (χ1) is 9.22. The number of hydrogen-bond acceptors (Lipinski definition) is 4. The van der Waals surface area contributed by atoms with Crippen molar-refractivity contribution in [2.24, 2.45) is 0 Å². The van der Waals surface area contributed by atoms with E-state index in [1.807, 2.05) is 18.2 Å². The highest BCUT2D eigenvalue weighted by Gasteiger charge is 2.11. The van der Waals surface area contributed by atoms with Crippen molar-refractivity contribution < 1.29 is 0 Å². The molecule has 0 fully saturated rings. The van der Waals surface area contributed by atoms with Gasteiger partial charge in [-0.25, -0.2) is 0 Å². The van der Waals surface area contributed by atoms with Crippen molar-refractivity contribution >= 4 is 38.9 Å². The van der Waals surface area contributed by atoms with Gasteiger partial charge in [0.25, 0.3) is 0 Å². The molecule has 0 spiro atoms. The van der Waals surface area contributed by atoms with Crippen LogP contribution in [-0.4, -0.2) is 23.3 Å². The molecule has 1 heterocycles. The van der Waals surface area contributed by atoms with Gasteiger partial charge in [0, 0.05) is 16.5 Å². The molecule has 0 aliphatic heterocycles. The summed E-state index contributed by atoms with van der Waals surface area (Å²) in [4.78, 5) is 0. The van der Waals surface area contributed by atoms with Crippen LogP contribution in [0.25, 0.3) is 10.6 Å². The molecule has 6 heteroatoms. The quantitative estimate of drug-likeness (QED) is 0.786. The zero-order chi connectivity index (χ0) is 13.7. The Hall–Kier alpha value is -0.490. The molecule has 0 radical (unpaired) electrons. The fourth-order valence-corrected chi connectivity index (χ4v) is 3.22. The second-order valence-corrected chi connectivity index (χ2v) is 6.35. The Morgan fingerprint density at radius 2 is 2.21 bits per heavy atom. The Morgan fingerprint density at radius 3 is 3.00 bits per heavy atom. The van der Waals surface area contributed by atoms with Crippen molar-refractivity contribution in [3.8, 4) is 10.6 Å². The summed E-state index contributed by atoms with van der Waals surface area (Å²) < 4.78 is 0.885. The van der Waals surface area contributed by atoms with Crippen LogP contribution in [0.5, 0.6) is 0 Å². The van der Waals surface area contributed by atoms with Crippen molar-refractivity contribution in [1.29, 1.82) is 0 Å². The predicted octanol–water partition coefficient (Wildman–Crippen LogP) is 4.16. The fraction of sp³-hybridized carbons (Fsp3) is 0.385. The number of benzene rings is 1. The van der Waals surface area contributed by atoms with Crippen LogP contribution in [0.3, 0.4) is 0 Å². The minimum atomic E-state index is 0.692. The van der Waals surface area contributed by atoms with Crippen molar-refractivity contribution in [3.05, 3.63) is 32.7 Å². The van der Waals surface area contributed by atoms with Crippen molar-refractivity contribution in [1.82, 2.24) is 15.5 Å². The highest BCUT2D eigenvalue weighted by atomic mass is 79.9. The van der Waals surface area contributed by atoms with Gasteiger partial charge in [-0.2, -0.15) is 0 Å². The molecular formula is C13H15BrClN3S. The van der Waals surface area contributed by atoms with Gasteiger partial charge in [-0.1, -0.05) is 42.0 Å². The third kappa shape index (κ3) is 3.99. The molecule has 0 aliphatic carbocycles. The Bertz CT molecular complexity index is 544. The number of aryl methyl sites for hydroxylation is 1. The fourth-order valence-electron chi connectivity index (χ4n) is 1.67. The van der Waals surface area contributed by atoms with E-state index in [-0.39, 0.29) is 0 Å². The second-order valence-electron chi connectivity index (χ2n) is 4.06. The molecule has 0 bridgehead atoms. The number of rotatable bonds is 6. The average molecular weight is 361 g/mol. The van der Waals surface area contributed by atoms with E-state index < -0.39 is 0 Å². The molecule has 3 nitrogen and oxygen atoms in total. The molecule has 1 N–H and O–H groups in total. The molecule has 0 atom stereocenters. The topological polar surface area (TPSA) is 37.8 Å². The summed E-state index contributed by atoms with van der Waals surface area (Å²) >= 11 is 11.3. The first kappa shape index (κ1) is 14.9. The van der Waals surface area contributed by atoms with E-state index in [9.17, 15) is 0 Å². The lowest BCUT2D eigenvalue weighted by Gasteiger charge is -2.01. The molecule has 1 aromatic carbocycles. The van der Waals surface area contributed by atoms with E-state index in [0.717, 1.165) is 46.0 Å². The van der Waals surface area contributed by atoms with E-state index in [2.05, 4.69) is 38.4 Å². The predicted molar refractivity (Wildman–Crippen MR) is 84.9 cm³/mol. The highest BCUT2D eigenvalue weighted by molar-refractivity contribution is 9.10. The zero-order valence-corrected chi connectivity index (χ0v) is 13.8. The standard InChI is InChI=1S/C13H15BrClN3S/c1-2-16-8-4-7-11-17-18-13(19-11)9-5-3-6-10(14)12(9)15/h3,5-6,16H,2,4,7-8H2,1H3. The molecule has 0 saturated carbocycles. The highest BCUT2D eigenvalue weighted by Crippen LogP contribution is 2.35. The molecule has 102 valence electrons. The van der Waals surface area contributed by atoms with Gasteiger partial charge in [-0.05, 0) is 41.5 Å². The summed E-state index contributed by atoms with van der Waals surface area (Å²) in [7, 11) is 0. The summed E-state index contributed by atoms with van der Waals surface area (Å²) in [6.07, 6.45) is 2.03. The number of nitrogens with one attached hydrogen (secondary N) is 1. The minimum Gasteiger partial charge on any atom is -0.317 e. The van der Waals surface area contributed by atoms with Crippen molar-refractivity contribution in [3.63, 3.8) is 0 Å². The zero-order valence-electron chi connectivity index (χ0n) is 10.6. The smallest absolute Gasteiger partial charge is 0.149 e. The molecule has 0 amide bonds. The van der Waals surface area contributed by atoms with E-state index in [4.69, 9.17) is 11.6 Å². The molecule has 2 rings (SSSR count). The van der Waals surface area contributed by atoms with Crippen LogP contribution in [0.4, 0.5) is 0 Å². The Labute approximate surface area is 130 Å². The number of hydrogen-bond donors (Lipinski definition) is 1. The summed E-state index contributed by atoms with van der Waals surface area (Å²) in [5.74, 6) is 0. The SMILES string of the molecule is CCNCCCc1nnc(-c2cccc(Br)c2Cl)s1. The second kappa shape index (κ2) is 7.33. The van der Waals surface area contributed by atoms with Gasteiger partial charge in [0.05, 0.1) is 5.02 Å². The molecule has 0 aliphatic rings. The molecule has 0 saturated heterocycles. The van der Waals surface area contributed by atoms with Gasteiger partial charge in [-0.15, -0.1) is 10.2 Å². The van der Waals surface area contributed by atoms with Crippen LogP contribution in [0.2, 0.25) is 5.02 Å². The maximum Gasteiger partial charge on any atom is 0.149 e. The number of nitrogens with zero attached hydrogens (tertiary/aromatic N) is 2. The van der Waals surface area contributed by atoms with Gasteiger partial charge in [-0.3, -0.25) is 0 Å². The Kier molecular flexibility index (Phi) is 5.76. The maximum atomic E-state index is 6.26. The molecule has 0 unspecified atom stereocenters. The number of halogens is 2. The maximum absolute atomic E-state index is 6.26. The Balaban J connectivity index is 2.06. The number of aromatic nitrogens is 2. The van der Waals surface area contributed by atoms with E-state index >= 15 is 0 Å². The summed E-state index contributed by atoms with van der Waals surface area (Å²) in [6, 6.07) is 5.85. The van der Waals surface area contributed by atoms with Crippen LogP contribution >= 0.6 is 38.9 Å². The molecular weight excluding hydrogens is 346 g/mol. The lowest BCUT2D eigenvalue weighted by molar-refractivity contribution is 0.669. The summed E-state index contributed by atoms with van der Waals surface area (Å²) in [5, 5.41) is 14.4. The lowest BCUT2D eigenvalue weighted by atomic mass is 10.2. The van der Waals surface area contributed by atoms with Gasteiger partial charge < -0.3 is 5.32 Å². The van der Waals surface area contributed by atoms with Crippen molar-refractivity contribution in [2.75, 3.05) is 13.1 Å². The monoisotopic (exact) mass is 359 g/mol. The lowest BCUT2D eigenvalue weighted by Crippen LogP contribution is -2.14. The normalized spacial score (nSPS) is 10.9. The molecule has 19 heavy (non-hydrogen) atoms. The van der Waals surface area contributed by atoms with Crippen LogP contribution in [0.15, 0.2) is 22.7 Å². The molecule has 1 aromatic heterocycles. The van der Waals surface area contributed by atoms with E-state index in [1.54, 1.807) is 11.3 Å². The first-order valence-electron chi connectivity index (χ1n) is 6.20. The van der Waals surface area contributed by atoms with Gasteiger partial charge in [0.2, 0.25) is 0 Å². The molecule has 2 aromatic rings. The van der Waals surface area contributed by atoms with Crippen molar-refractivity contribution in [2.45, 2.75) is 19.8 Å². The van der Waals surface area contributed by atoms with E-state index in [0.29, 0.717) is 5.02 Å². The van der Waals surface area contributed by atoms with Gasteiger partial charge >= 0.3 is 0 Å². The van der Waals surface area contributed by atoms with Crippen LogP contribution in [0, 0.1) is 0 Å². The van der Waals surface area contributed by atoms with Gasteiger partial charge in [0.15, 0.2) is 0 Å². The average Bonchev–Trinajstić information content (AvgIpc) is 2.87. The summed E-state index contributed by atoms with van der Waals surface area (Å²) in [5.41, 5.74) is 0.937. The van der Waals surface area contributed by atoms with E-state index in [1.165, 1.54) is 0 Å². The van der Waals surface area contributed by atoms with Crippen LogP contribution < -0.4 is 5.32 Å². The minimum absolute atomic E-state index is 0.692. The Morgan fingerprint density at radius 1 is 1.37 bits per heavy atom.